The Balaban J connectivity index is 1.60. The van der Waals surface area contributed by atoms with Crippen molar-refractivity contribution in [3.63, 3.8) is 0 Å². The molecule has 0 radical (unpaired) electrons. The van der Waals surface area contributed by atoms with E-state index >= 15 is 0 Å². The fourth-order valence-electron chi connectivity index (χ4n) is 2.85. The molecular weight excluding hydrogens is 342 g/mol. The maximum atomic E-state index is 5.56. The predicted molar refractivity (Wildman–Crippen MR) is 110 cm³/mol. The van der Waals surface area contributed by atoms with Crippen LogP contribution in [-0.2, 0) is 22.3 Å². The second-order valence-corrected chi connectivity index (χ2v) is 6.56. The van der Waals surface area contributed by atoms with Gasteiger partial charge in [0.1, 0.15) is 5.75 Å². The molecule has 1 aliphatic heterocycles. The maximum Gasteiger partial charge on any atom is 0.191 e. The summed E-state index contributed by atoms with van der Waals surface area (Å²) in [5.74, 6) is 1.88. The van der Waals surface area contributed by atoms with E-state index in [0.29, 0.717) is 26.4 Å². The first-order chi connectivity index (χ1) is 13.3. The Hall–Kier alpha value is -1.79. The smallest absolute Gasteiger partial charge is 0.191 e. The van der Waals surface area contributed by atoms with Gasteiger partial charge in [-0.3, -0.25) is 4.99 Å². The minimum atomic E-state index is 0.610. The molecule has 0 bridgehead atoms. The van der Waals surface area contributed by atoms with E-state index in [0.717, 1.165) is 63.7 Å². The third kappa shape index (κ3) is 8.63. The van der Waals surface area contributed by atoms with Gasteiger partial charge in [0.05, 0.1) is 33.0 Å². The molecule has 0 saturated heterocycles. The molecule has 0 aliphatic carbocycles. The Morgan fingerprint density at radius 3 is 2.78 bits per heavy atom. The number of ether oxygens (including phenoxy) is 3. The average molecular weight is 378 g/mol. The Bertz CT molecular complexity index is 564. The van der Waals surface area contributed by atoms with Crippen LogP contribution in [0, 0.1) is 0 Å². The molecule has 0 amide bonds. The van der Waals surface area contributed by atoms with Gasteiger partial charge in [-0.05, 0) is 37.0 Å². The van der Waals surface area contributed by atoms with Gasteiger partial charge in [0.2, 0.25) is 0 Å². The van der Waals surface area contributed by atoms with Crippen molar-refractivity contribution in [3.05, 3.63) is 29.3 Å². The van der Waals surface area contributed by atoms with Crippen LogP contribution in [0.15, 0.2) is 23.2 Å². The van der Waals surface area contributed by atoms with Gasteiger partial charge >= 0.3 is 0 Å². The summed E-state index contributed by atoms with van der Waals surface area (Å²) in [6.07, 6.45) is 4.26. The van der Waals surface area contributed by atoms with E-state index in [9.17, 15) is 0 Å². The van der Waals surface area contributed by atoms with Crippen LogP contribution in [0.2, 0.25) is 0 Å². The number of benzene rings is 1. The number of guanidine groups is 1. The Morgan fingerprint density at radius 2 is 1.96 bits per heavy atom. The van der Waals surface area contributed by atoms with Crippen LogP contribution in [0.3, 0.4) is 0 Å². The highest BCUT2D eigenvalue weighted by molar-refractivity contribution is 5.79. The largest absolute Gasteiger partial charge is 0.493 e. The van der Waals surface area contributed by atoms with Crippen LogP contribution < -0.4 is 15.4 Å². The van der Waals surface area contributed by atoms with Gasteiger partial charge in [-0.2, -0.15) is 0 Å². The molecule has 6 nitrogen and oxygen atoms in total. The molecule has 0 atom stereocenters. The second-order valence-electron chi connectivity index (χ2n) is 6.56. The van der Waals surface area contributed by atoms with Crippen molar-refractivity contribution in [1.82, 2.24) is 10.6 Å². The molecule has 0 saturated carbocycles. The Morgan fingerprint density at radius 1 is 1.11 bits per heavy atom. The lowest BCUT2D eigenvalue weighted by molar-refractivity contribution is 0.0497. The molecule has 1 aliphatic rings. The number of hydrogen-bond acceptors (Lipinski definition) is 4. The van der Waals surface area contributed by atoms with Crippen molar-refractivity contribution in [2.45, 2.75) is 39.5 Å². The summed E-state index contributed by atoms with van der Waals surface area (Å²) in [6, 6.07) is 6.48. The standard InChI is InChI=1S/C21H35N3O3/c1-3-5-12-25-15-16-26-14-11-24-21(22-4-2)23-10-8-18-6-7-20-19(17-18)9-13-27-20/h6-7,17H,3-5,8-16H2,1-2H3,(H2,22,23,24). The molecule has 0 spiro atoms. The summed E-state index contributed by atoms with van der Waals surface area (Å²) in [4.78, 5) is 4.56. The number of rotatable bonds is 13. The van der Waals surface area contributed by atoms with Crippen LogP contribution in [0.4, 0.5) is 0 Å². The molecule has 1 heterocycles. The highest BCUT2D eigenvalue weighted by atomic mass is 16.5. The normalized spacial score (nSPS) is 13.3. The van der Waals surface area contributed by atoms with Crippen LogP contribution >= 0.6 is 0 Å². The third-order valence-electron chi connectivity index (χ3n) is 4.32. The van der Waals surface area contributed by atoms with E-state index in [2.05, 4.69) is 47.7 Å². The minimum Gasteiger partial charge on any atom is -0.493 e. The van der Waals surface area contributed by atoms with Gasteiger partial charge < -0.3 is 24.8 Å². The fourth-order valence-corrected chi connectivity index (χ4v) is 2.85. The minimum absolute atomic E-state index is 0.610. The first kappa shape index (κ1) is 21.5. The number of nitrogens with zero attached hydrogens (tertiary/aromatic N) is 1. The molecule has 0 aromatic heterocycles. The zero-order valence-corrected chi connectivity index (χ0v) is 16.9. The summed E-state index contributed by atoms with van der Waals surface area (Å²) in [5, 5.41) is 6.66. The molecule has 1 aromatic rings. The highest BCUT2D eigenvalue weighted by Crippen LogP contribution is 2.25. The molecular formula is C21H35N3O3. The lowest BCUT2D eigenvalue weighted by atomic mass is 10.1. The van der Waals surface area contributed by atoms with E-state index in [1.807, 2.05) is 0 Å². The lowest BCUT2D eigenvalue weighted by Crippen LogP contribution is -2.38. The summed E-state index contributed by atoms with van der Waals surface area (Å²) in [5.41, 5.74) is 2.65. The predicted octanol–water partition coefficient (Wildman–Crippen LogP) is 2.55. The summed E-state index contributed by atoms with van der Waals surface area (Å²) in [6.45, 7) is 10.1. The molecule has 0 unspecified atom stereocenters. The zero-order chi connectivity index (χ0) is 19.2. The van der Waals surface area contributed by atoms with Crippen molar-refractivity contribution in [1.29, 1.82) is 0 Å². The van der Waals surface area contributed by atoms with Crippen LogP contribution in [-0.4, -0.2) is 58.6 Å². The SMILES string of the molecule is CCCCOCCOCCN=C(NCC)NCCc1ccc2c(c1)CCO2. The van der Waals surface area contributed by atoms with Crippen LogP contribution in [0.25, 0.3) is 0 Å². The zero-order valence-electron chi connectivity index (χ0n) is 16.9. The quantitative estimate of drug-likeness (QED) is 0.314. The first-order valence-corrected chi connectivity index (χ1v) is 10.3. The molecule has 152 valence electrons. The van der Waals surface area contributed by atoms with Crippen molar-refractivity contribution >= 4 is 5.96 Å². The maximum absolute atomic E-state index is 5.56. The number of nitrogens with one attached hydrogen (secondary N) is 2. The van der Waals surface area contributed by atoms with Crippen molar-refractivity contribution in [2.24, 2.45) is 4.99 Å². The van der Waals surface area contributed by atoms with E-state index in [4.69, 9.17) is 14.2 Å². The van der Waals surface area contributed by atoms with Gasteiger partial charge in [0, 0.05) is 26.1 Å². The van der Waals surface area contributed by atoms with Gasteiger partial charge in [-0.15, -0.1) is 0 Å². The average Bonchev–Trinajstić information content (AvgIpc) is 3.14. The van der Waals surface area contributed by atoms with Crippen molar-refractivity contribution in [3.8, 4) is 5.75 Å². The number of aliphatic imine (C=N–C) groups is 1. The van der Waals surface area contributed by atoms with E-state index in [-0.39, 0.29) is 0 Å². The van der Waals surface area contributed by atoms with E-state index in [1.165, 1.54) is 11.1 Å². The molecule has 1 aromatic carbocycles. The molecule has 27 heavy (non-hydrogen) atoms. The van der Waals surface area contributed by atoms with Gasteiger partial charge in [-0.25, -0.2) is 0 Å². The van der Waals surface area contributed by atoms with Gasteiger partial charge in [-0.1, -0.05) is 25.5 Å². The Kier molecular flexibility index (Phi) is 10.7. The first-order valence-electron chi connectivity index (χ1n) is 10.3. The third-order valence-corrected chi connectivity index (χ3v) is 4.32. The summed E-state index contributed by atoms with van der Waals surface area (Å²) in [7, 11) is 0. The Labute approximate surface area is 163 Å². The van der Waals surface area contributed by atoms with Crippen LogP contribution in [0.1, 0.15) is 37.8 Å². The van der Waals surface area contributed by atoms with E-state index < -0.39 is 0 Å². The molecule has 6 heteroatoms. The molecule has 2 N–H and O–H groups in total. The summed E-state index contributed by atoms with van der Waals surface area (Å²) >= 11 is 0. The lowest BCUT2D eigenvalue weighted by Gasteiger charge is -2.12. The number of fused-ring (bicyclic) bond motifs is 1. The molecule has 2 rings (SSSR count). The van der Waals surface area contributed by atoms with Crippen molar-refractivity contribution < 1.29 is 14.2 Å². The summed E-state index contributed by atoms with van der Waals surface area (Å²) < 4.78 is 16.6. The van der Waals surface area contributed by atoms with Crippen LogP contribution in [0.5, 0.6) is 5.75 Å². The molecule has 0 fully saturated rings. The van der Waals surface area contributed by atoms with Crippen molar-refractivity contribution in [2.75, 3.05) is 52.7 Å². The van der Waals surface area contributed by atoms with E-state index in [1.54, 1.807) is 0 Å². The highest BCUT2D eigenvalue weighted by Gasteiger charge is 2.11. The van der Waals surface area contributed by atoms with Gasteiger partial charge in [0.25, 0.3) is 0 Å². The number of unbranched alkanes of at least 4 members (excludes halogenated alkanes) is 1. The van der Waals surface area contributed by atoms with Gasteiger partial charge in [0.15, 0.2) is 5.96 Å². The second kappa shape index (κ2) is 13.4. The topological polar surface area (TPSA) is 64.1 Å². The number of hydrogen-bond donors (Lipinski definition) is 2. The fraction of sp³-hybridized carbons (Fsp3) is 0.667. The monoisotopic (exact) mass is 377 g/mol.